The fourth-order valence-corrected chi connectivity index (χ4v) is 1.56. The van der Waals surface area contributed by atoms with Crippen molar-refractivity contribution in [3.05, 3.63) is 36.3 Å². The molecule has 1 atom stereocenters. The molecule has 0 saturated carbocycles. The van der Waals surface area contributed by atoms with Gasteiger partial charge in [0.2, 0.25) is 0 Å². The molecule has 0 amide bonds. The van der Waals surface area contributed by atoms with Crippen LogP contribution in [0.25, 0.3) is 0 Å². The topological polar surface area (TPSA) is 59.5 Å². The zero-order valence-corrected chi connectivity index (χ0v) is 9.54. The molecule has 0 saturated heterocycles. The first-order valence-corrected chi connectivity index (χ1v) is 5.22. The van der Waals surface area contributed by atoms with Gasteiger partial charge in [0.25, 0.3) is 0 Å². The second kappa shape index (κ2) is 4.30. The van der Waals surface area contributed by atoms with Gasteiger partial charge in [-0.2, -0.15) is 0 Å². The van der Waals surface area contributed by atoms with Gasteiger partial charge in [-0.15, -0.1) is 5.11 Å². The summed E-state index contributed by atoms with van der Waals surface area (Å²) in [5.74, 6) is 0.830. The molecule has 1 aromatic rings. The lowest BCUT2D eigenvalue weighted by Crippen LogP contribution is -2.25. The third-order valence-electron chi connectivity index (χ3n) is 2.55. The van der Waals surface area contributed by atoms with E-state index in [9.17, 15) is 0 Å². The van der Waals surface area contributed by atoms with E-state index in [0.717, 1.165) is 18.1 Å². The van der Waals surface area contributed by atoms with E-state index in [1.165, 1.54) is 0 Å². The highest BCUT2D eigenvalue weighted by Gasteiger charge is 2.12. The summed E-state index contributed by atoms with van der Waals surface area (Å²) >= 11 is 0. The van der Waals surface area contributed by atoms with Crippen LogP contribution < -0.4 is 10.3 Å². The smallest absolute Gasteiger partial charge is 0.399 e. The SMILES string of the molecule is Cn1cc[n+](C)c1N=NC1C=CC(N)=CC1. The zero-order valence-electron chi connectivity index (χ0n) is 9.54. The number of azo groups is 1. The molecule has 0 aliphatic heterocycles. The van der Waals surface area contributed by atoms with Crippen molar-refractivity contribution in [2.24, 2.45) is 30.1 Å². The summed E-state index contributed by atoms with van der Waals surface area (Å²) in [7, 11) is 3.89. The molecular weight excluding hydrogens is 202 g/mol. The van der Waals surface area contributed by atoms with Crippen LogP contribution in [0.3, 0.4) is 0 Å². The van der Waals surface area contributed by atoms with Crippen LogP contribution in [0.5, 0.6) is 0 Å². The second-order valence-electron chi connectivity index (χ2n) is 3.90. The summed E-state index contributed by atoms with van der Waals surface area (Å²) < 4.78 is 3.86. The minimum Gasteiger partial charge on any atom is -0.399 e. The van der Waals surface area contributed by atoms with E-state index in [-0.39, 0.29) is 6.04 Å². The number of allylic oxidation sites excluding steroid dienone is 1. The van der Waals surface area contributed by atoms with Gasteiger partial charge < -0.3 is 5.73 Å². The van der Waals surface area contributed by atoms with E-state index in [0.29, 0.717) is 0 Å². The molecule has 1 aliphatic carbocycles. The van der Waals surface area contributed by atoms with Crippen molar-refractivity contribution >= 4 is 5.95 Å². The monoisotopic (exact) mass is 218 g/mol. The highest BCUT2D eigenvalue weighted by molar-refractivity contribution is 5.22. The number of nitrogens with zero attached hydrogens (tertiary/aromatic N) is 4. The van der Waals surface area contributed by atoms with Gasteiger partial charge >= 0.3 is 5.95 Å². The Bertz CT molecular complexity index is 447. The van der Waals surface area contributed by atoms with Crippen LogP contribution >= 0.6 is 0 Å². The van der Waals surface area contributed by atoms with Gasteiger partial charge in [0.1, 0.15) is 6.04 Å². The average molecular weight is 218 g/mol. The van der Waals surface area contributed by atoms with Crippen molar-refractivity contribution in [3.8, 4) is 0 Å². The quantitative estimate of drug-likeness (QED) is 0.586. The normalized spacial score (nSPS) is 20.4. The van der Waals surface area contributed by atoms with Crippen molar-refractivity contribution in [3.63, 3.8) is 0 Å². The zero-order chi connectivity index (χ0) is 11.5. The Morgan fingerprint density at radius 3 is 2.94 bits per heavy atom. The molecule has 16 heavy (non-hydrogen) atoms. The summed E-state index contributed by atoms with van der Waals surface area (Å²) in [5.41, 5.74) is 6.43. The predicted molar refractivity (Wildman–Crippen MR) is 60.9 cm³/mol. The Labute approximate surface area is 94.6 Å². The van der Waals surface area contributed by atoms with Crippen LogP contribution in [0.15, 0.2) is 46.5 Å². The van der Waals surface area contributed by atoms with Crippen LogP contribution in [0.2, 0.25) is 0 Å². The van der Waals surface area contributed by atoms with Crippen LogP contribution in [-0.4, -0.2) is 10.6 Å². The number of aryl methyl sites for hydroxylation is 2. The van der Waals surface area contributed by atoms with Gasteiger partial charge in [0.05, 0.1) is 26.5 Å². The minimum atomic E-state index is 0.0993. The summed E-state index contributed by atoms with van der Waals surface area (Å²) in [6.45, 7) is 0. The molecule has 1 unspecified atom stereocenters. The predicted octanol–water partition coefficient (Wildman–Crippen LogP) is 1.10. The van der Waals surface area contributed by atoms with Crippen molar-refractivity contribution in [2.45, 2.75) is 12.5 Å². The summed E-state index contributed by atoms with van der Waals surface area (Å²) in [5, 5.41) is 8.52. The maximum absolute atomic E-state index is 5.63. The van der Waals surface area contributed by atoms with E-state index in [2.05, 4.69) is 10.2 Å². The number of hydrogen-bond acceptors (Lipinski definition) is 3. The van der Waals surface area contributed by atoms with Gasteiger partial charge in [0, 0.05) is 10.8 Å². The number of hydrogen-bond donors (Lipinski definition) is 1. The van der Waals surface area contributed by atoms with Gasteiger partial charge in [-0.3, -0.25) is 0 Å². The lowest BCUT2D eigenvalue weighted by atomic mass is 10.1. The lowest BCUT2D eigenvalue weighted by Gasteiger charge is -2.05. The molecule has 0 aromatic carbocycles. The Balaban J connectivity index is 2.09. The summed E-state index contributed by atoms with van der Waals surface area (Å²) in [6, 6.07) is 0.0993. The summed E-state index contributed by atoms with van der Waals surface area (Å²) in [6.07, 6.45) is 10.5. The highest BCUT2D eigenvalue weighted by Crippen LogP contribution is 2.13. The minimum absolute atomic E-state index is 0.0993. The molecule has 84 valence electrons. The maximum Gasteiger partial charge on any atom is 0.420 e. The molecule has 0 spiro atoms. The number of rotatable bonds is 2. The number of nitrogens with two attached hydrogens (primary N) is 1. The van der Waals surface area contributed by atoms with Crippen LogP contribution in [0.1, 0.15) is 6.42 Å². The van der Waals surface area contributed by atoms with Gasteiger partial charge in [-0.05, 0) is 12.5 Å². The Kier molecular flexibility index (Phi) is 2.85. The molecule has 1 heterocycles. The summed E-state index contributed by atoms with van der Waals surface area (Å²) in [4.78, 5) is 0. The Morgan fingerprint density at radius 1 is 1.56 bits per heavy atom. The van der Waals surface area contributed by atoms with Crippen molar-refractivity contribution < 1.29 is 4.57 Å². The van der Waals surface area contributed by atoms with Gasteiger partial charge in [-0.25, -0.2) is 9.13 Å². The molecule has 5 heteroatoms. The molecule has 0 fully saturated rings. The van der Waals surface area contributed by atoms with Crippen molar-refractivity contribution in [1.82, 2.24) is 4.57 Å². The molecule has 5 nitrogen and oxygen atoms in total. The van der Waals surface area contributed by atoms with Crippen LogP contribution in [-0.2, 0) is 14.1 Å². The van der Waals surface area contributed by atoms with E-state index in [1.807, 2.05) is 53.9 Å². The number of imidazole rings is 1. The first-order chi connectivity index (χ1) is 7.66. The van der Waals surface area contributed by atoms with E-state index >= 15 is 0 Å². The second-order valence-corrected chi connectivity index (χ2v) is 3.90. The average Bonchev–Trinajstić information content (AvgIpc) is 2.59. The first-order valence-electron chi connectivity index (χ1n) is 5.22. The standard InChI is InChI=1S/C11H16N5/c1-15-7-8-16(2)11(15)14-13-10-5-3-9(12)4-6-10/h3-5,7-8,10H,6,12H2,1-2H3/q+1. The highest BCUT2D eigenvalue weighted by atomic mass is 15.3. The van der Waals surface area contributed by atoms with Crippen LogP contribution in [0, 0.1) is 0 Å². The van der Waals surface area contributed by atoms with Crippen LogP contribution in [0.4, 0.5) is 5.95 Å². The molecule has 1 aliphatic rings. The lowest BCUT2D eigenvalue weighted by molar-refractivity contribution is -0.657. The maximum atomic E-state index is 5.63. The van der Waals surface area contributed by atoms with Gasteiger partial charge in [0.15, 0.2) is 0 Å². The molecular formula is C11H16N5+. The van der Waals surface area contributed by atoms with Gasteiger partial charge in [-0.1, -0.05) is 12.2 Å². The molecule has 0 bridgehead atoms. The fraction of sp³-hybridized carbons (Fsp3) is 0.364. The molecule has 1 aromatic heterocycles. The first kappa shape index (κ1) is 10.6. The van der Waals surface area contributed by atoms with E-state index < -0.39 is 0 Å². The molecule has 2 N–H and O–H groups in total. The Hall–Kier alpha value is -1.91. The largest absolute Gasteiger partial charge is 0.420 e. The van der Waals surface area contributed by atoms with Crippen molar-refractivity contribution in [1.29, 1.82) is 0 Å². The number of aromatic nitrogens is 2. The third-order valence-corrected chi connectivity index (χ3v) is 2.55. The molecule has 2 rings (SSSR count). The van der Waals surface area contributed by atoms with Crippen molar-refractivity contribution in [2.75, 3.05) is 0 Å². The third kappa shape index (κ3) is 2.18. The Morgan fingerprint density at radius 2 is 2.38 bits per heavy atom. The van der Waals surface area contributed by atoms with E-state index in [1.54, 1.807) is 0 Å². The fourth-order valence-electron chi connectivity index (χ4n) is 1.56. The van der Waals surface area contributed by atoms with E-state index in [4.69, 9.17) is 5.73 Å². The molecule has 0 radical (unpaired) electrons.